The molecule has 0 amide bonds. The molecule has 0 saturated carbocycles. The Morgan fingerprint density at radius 1 is 1.00 bits per heavy atom. The Labute approximate surface area is 111 Å². The van der Waals surface area contributed by atoms with Crippen LogP contribution in [0.25, 0.3) is 11.4 Å². The van der Waals surface area contributed by atoms with Crippen LogP contribution in [0.15, 0.2) is 60.9 Å². The highest BCUT2D eigenvalue weighted by atomic mass is 15.3. The number of benzene rings is 2. The summed E-state index contributed by atoms with van der Waals surface area (Å²) in [6.45, 7) is 0.718. The van der Waals surface area contributed by atoms with Gasteiger partial charge in [-0.2, -0.15) is 5.10 Å². The van der Waals surface area contributed by atoms with Gasteiger partial charge in [0.2, 0.25) is 0 Å². The van der Waals surface area contributed by atoms with E-state index in [1.54, 1.807) is 6.33 Å². The van der Waals surface area contributed by atoms with Crippen molar-refractivity contribution in [3.05, 3.63) is 66.5 Å². The van der Waals surface area contributed by atoms with Gasteiger partial charge in [0.25, 0.3) is 0 Å². The summed E-state index contributed by atoms with van der Waals surface area (Å²) in [5, 5.41) is 4.47. The van der Waals surface area contributed by atoms with E-state index in [2.05, 4.69) is 22.2 Å². The van der Waals surface area contributed by atoms with Crippen molar-refractivity contribution >= 4 is 5.69 Å². The molecule has 0 radical (unpaired) electrons. The van der Waals surface area contributed by atoms with Crippen LogP contribution >= 0.6 is 0 Å². The molecule has 0 spiro atoms. The van der Waals surface area contributed by atoms with Crippen molar-refractivity contribution in [2.24, 2.45) is 0 Å². The minimum Gasteiger partial charge on any atom is -0.399 e. The zero-order valence-corrected chi connectivity index (χ0v) is 10.4. The first-order valence-electron chi connectivity index (χ1n) is 6.10. The minimum atomic E-state index is 0.697. The maximum atomic E-state index is 5.76. The maximum Gasteiger partial charge on any atom is 0.181 e. The van der Waals surface area contributed by atoms with Gasteiger partial charge in [-0.3, -0.25) is 0 Å². The third-order valence-electron chi connectivity index (χ3n) is 2.87. The number of hydrogen-bond acceptors (Lipinski definition) is 3. The summed E-state index contributed by atoms with van der Waals surface area (Å²) < 4.78 is 1.83. The molecule has 0 aliphatic heterocycles. The molecule has 0 unspecified atom stereocenters. The van der Waals surface area contributed by atoms with Crippen LogP contribution in [0.3, 0.4) is 0 Å². The Hall–Kier alpha value is -2.62. The molecule has 0 atom stereocenters. The topological polar surface area (TPSA) is 56.7 Å². The quantitative estimate of drug-likeness (QED) is 0.727. The van der Waals surface area contributed by atoms with Crippen LogP contribution in [0.5, 0.6) is 0 Å². The van der Waals surface area contributed by atoms with E-state index in [1.165, 1.54) is 5.56 Å². The van der Waals surface area contributed by atoms with Crippen molar-refractivity contribution in [3.63, 3.8) is 0 Å². The zero-order valence-electron chi connectivity index (χ0n) is 10.4. The van der Waals surface area contributed by atoms with E-state index in [0.717, 1.165) is 17.8 Å². The molecular formula is C15H14N4. The molecule has 3 rings (SSSR count). The molecule has 0 saturated heterocycles. The lowest BCUT2D eigenvalue weighted by molar-refractivity contribution is 0.687. The largest absolute Gasteiger partial charge is 0.399 e. The smallest absolute Gasteiger partial charge is 0.181 e. The van der Waals surface area contributed by atoms with Gasteiger partial charge in [0.05, 0.1) is 6.54 Å². The molecule has 94 valence electrons. The third-order valence-corrected chi connectivity index (χ3v) is 2.87. The van der Waals surface area contributed by atoms with Gasteiger partial charge >= 0.3 is 0 Å². The summed E-state index contributed by atoms with van der Waals surface area (Å²) in [6, 6.07) is 17.8. The second kappa shape index (κ2) is 4.94. The van der Waals surface area contributed by atoms with Crippen molar-refractivity contribution in [2.45, 2.75) is 6.54 Å². The molecule has 1 aromatic heterocycles. The molecule has 2 aromatic carbocycles. The number of nitrogens with two attached hydrogens (primary N) is 1. The summed E-state index contributed by atoms with van der Waals surface area (Å²) in [7, 11) is 0. The van der Waals surface area contributed by atoms with Gasteiger partial charge in [-0.25, -0.2) is 9.67 Å². The van der Waals surface area contributed by atoms with Crippen LogP contribution in [0, 0.1) is 0 Å². The molecule has 2 N–H and O–H groups in total. The molecule has 4 nitrogen and oxygen atoms in total. The van der Waals surface area contributed by atoms with Gasteiger partial charge in [0.1, 0.15) is 6.33 Å². The fourth-order valence-electron chi connectivity index (χ4n) is 1.95. The first kappa shape index (κ1) is 11.5. The number of aromatic nitrogens is 3. The molecule has 0 bridgehead atoms. The van der Waals surface area contributed by atoms with Crippen LogP contribution in [-0.4, -0.2) is 14.8 Å². The van der Waals surface area contributed by atoms with Gasteiger partial charge in [-0.1, -0.05) is 42.5 Å². The number of nitrogen functional groups attached to an aromatic ring is 1. The van der Waals surface area contributed by atoms with Gasteiger partial charge in [-0.15, -0.1) is 0 Å². The third kappa shape index (κ3) is 2.63. The molecule has 19 heavy (non-hydrogen) atoms. The minimum absolute atomic E-state index is 0.697. The Kier molecular flexibility index (Phi) is 2.98. The fraction of sp³-hybridized carbons (Fsp3) is 0.0667. The Morgan fingerprint density at radius 2 is 1.84 bits per heavy atom. The Morgan fingerprint density at radius 3 is 2.63 bits per heavy atom. The lowest BCUT2D eigenvalue weighted by Crippen LogP contribution is -2.00. The van der Waals surface area contributed by atoms with Crippen LogP contribution in [0.2, 0.25) is 0 Å². The first-order chi connectivity index (χ1) is 9.31. The summed E-state index contributed by atoms with van der Waals surface area (Å²) in [6.07, 6.45) is 1.74. The van der Waals surface area contributed by atoms with Crippen molar-refractivity contribution < 1.29 is 0 Å². The van der Waals surface area contributed by atoms with Gasteiger partial charge in [0.15, 0.2) is 5.82 Å². The highest BCUT2D eigenvalue weighted by Crippen LogP contribution is 2.17. The van der Waals surface area contributed by atoms with Crippen molar-refractivity contribution in [3.8, 4) is 11.4 Å². The molecule has 1 heterocycles. The predicted octanol–water partition coefficient (Wildman–Crippen LogP) is 2.58. The van der Waals surface area contributed by atoms with Crippen molar-refractivity contribution in [2.75, 3.05) is 5.73 Å². The van der Waals surface area contributed by atoms with E-state index in [-0.39, 0.29) is 0 Å². The highest BCUT2D eigenvalue weighted by molar-refractivity contribution is 5.60. The van der Waals surface area contributed by atoms with Gasteiger partial charge in [-0.05, 0) is 17.7 Å². The van der Waals surface area contributed by atoms with Crippen LogP contribution < -0.4 is 5.73 Å². The predicted molar refractivity (Wildman–Crippen MR) is 75.4 cm³/mol. The normalized spacial score (nSPS) is 10.5. The fourth-order valence-corrected chi connectivity index (χ4v) is 1.95. The monoisotopic (exact) mass is 250 g/mol. The van der Waals surface area contributed by atoms with E-state index in [4.69, 9.17) is 5.73 Å². The van der Waals surface area contributed by atoms with E-state index in [9.17, 15) is 0 Å². The number of nitrogens with zero attached hydrogens (tertiary/aromatic N) is 3. The number of hydrogen-bond donors (Lipinski definition) is 1. The van der Waals surface area contributed by atoms with Crippen LogP contribution in [-0.2, 0) is 6.54 Å². The summed E-state index contributed by atoms with van der Waals surface area (Å²) >= 11 is 0. The Balaban J connectivity index is 1.84. The maximum absolute atomic E-state index is 5.76. The van der Waals surface area contributed by atoms with E-state index < -0.39 is 0 Å². The van der Waals surface area contributed by atoms with Gasteiger partial charge < -0.3 is 5.73 Å². The molecule has 4 heteroatoms. The van der Waals surface area contributed by atoms with E-state index in [0.29, 0.717) is 5.82 Å². The Bertz CT molecular complexity index is 673. The molecule has 3 aromatic rings. The van der Waals surface area contributed by atoms with Crippen molar-refractivity contribution in [1.29, 1.82) is 0 Å². The first-order valence-corrected chi connectivity index (χ1v) is 6.10. The lowest BCUT2D eigenvalue weighted by atomic mass is 10.2. The number of anilines is 1. The van der Waals surface area contributed by atoms with E-state index in [1.807, 2.05) is 47.1 Å². The lowest BCUT2D eigenvalue weighted by Gasteiger charge is -2.00. The van der Waals surface area contributed by atoms with Crippen LogP contribution in [0.1, 0.15) is 5.56 Å². The molecule has 0 aliphatic carbocycles. The second-order valence-corrected chi connectivity index (χ2v) is 4.38. The molecular weight excluding hydrogens is 236 g/mol. The number of rotatable bonds is 3. The SMILES string of the molecule is Nc1cccc(-c2ncn(Cc3ccccc3)n2)c1. The summed E-state index contributed by atoms with van der Waals surface area (Å²) in [5.74, 6) is 0.697. The highest BCUT2D eigenvalue weighted by Gasteiger charge is 2.04. The average molecular weight is 250 g/mol. The van der Waals surface area contributed by atoms with Gasteiger partial charge in [0, 0.05) is 11.3 Å². The molecule has 0 aliphatic rings. The second-order valence-electron chi connectivity index (χ2n) is 4.38. The summed E-state index contributed by atoms with van der Waals surface area (Å²) in [5.41, 5.74) is 8.62. The van der Waals surface area contributed by atoms with Crippen molar-refractivity contribution in [1.82, 2.24) is 14.8 Å². The zero-order chi connectivity index (χ0) is 13.1. The summed E-state index contributed by atoms with van der Waals surface area (Å²) in [4.78, 5) is 4.32. The van der Waals surface area contributed by atoms with E-state index >= 15 is 0 Å². The molecule has 0 fully saturated rings. The average Bonchev–Trinajstić information content (AvgIpc) is 2.88. The van der Waals surface area contributed by atoms with Crippen LogP contribution in [0.4, 0.5) is 5.69 Å². The standard InChI is InChI=1S/C15H14N4/c16-14-8-4-7-13(9-14)15-17-11-19(18-15)10-12-5-2-1-3-6-12/h1-9,11H,10,16H2.